The number of carbonyl (C=O) groups excluding carboxylic acids is 1. The Kier molecular flexibility index (Phi) is 4.79. The molecular formula is C18H12ClF3N4O3. The second-order valence-electron chi connectivity index (χ2n) is 6.02. The number of aromatic nitrogens is 3. The van der Waals surface area contributed by atoms with Crippen LogP contribution in [0.1, 0.15) is 16.1 Å². The fourth-order valence-corrected chi connectivity index (χ4v) is 2.91. The van der Waals surface area contributed by atoms with Crippen LogP contribution in [-0.4, -0.2) is 34.1 Å². The van der Waals surface area contributed by atoms with Gasteiger partial charge in [0, 0.05) is 11.8 Å². The number of benzene rings is 2. The summed E-state index contributed by atoms with van der Waals surface area (Å²) in [4.78, 5) is 12.4. The van der Waals surface area contributed by atoms with Gasteiger partial charge in [-0.05, 0) is 30.3 Å². The molecule has 0 aliphatic carbocycles. The molecule has 1 N–H and O–H groups in total. The van der Waals surface area contributed by atoms with Gasteiger partial charge < -0.3 is 14.8 Å². The Morgan fingerprint density at radius 2 is 1.86 bits per heavy atom. The van der Waals surface area contributed by atoms with E-state index in [1.54, 1.807) is 18.2 Å². The SMILES string of the molecule is O=C(Nc1ccc(Cl)c(C(F)(F)F)c1)c1cn(-c2ccc3c(c2)OCCO3)nn1. The summed E-state index contributed by atoms with van der Waals surface area (Å²) < 4.78 is 51.2. The van der Waals surface area contributed by atoms with Gasteiger partial charge in [0.05, 0.1) is 22.5 Å². The summed E-state index contributed by atoms with van der Waals surface area (Å²) in [5.41, 5.74) is -0.618. The molecule has 0 saturated carbocycles. The van der Waals surface area contributed by atoms with Gasteiger partial charge in [-0.1, -0.05) is 16.8 Å². The highest BCUT2D eigenvalue weighted by atomic mass is 35.5. The summed E-state index contributed by atoms with van der Waals surface area (Å²) in [6.45, 7) is 0.878. The van der Waals surface area contributed by atoms with Crippen molar-refractivity contribution in [2.24, 2.45) is 0 Å². The lowest BCUT2D eigenvalue weighted by molar-refractivity contribution is -0.137. The maximum atomic E-state index is 13.0. The number of halogens is 4. The highest BCUT2D eigenvalue weighted by molar-refractivity contribution is 6.31. The summed E-state index contributed by atoms with van der Waals surface area (Å²) in [6, 6.07) is 8.17. The van der Waals surface area contributed by atoms with E-state index in [1.165, 1.54) is 16.9 Å². The van der Waals surface area contributed by atoms with Gasteiger partial charge >= 0.3 is 6.18 Å². The van der Waals surface area contributed by atoms with Crippen LogP contribution in [0.25, 0.3) is 5.69 Å². The molecule has 1 aromatic heterocycles. The van der Waals surface area contributed by atoms with Crippen molar-refractivity contribution in [3.8, 4) is 17.2 Å². The van der Waals surface area contributed by atoms with Crippen LogP contribution in [0.3, 0.4) is 0 Å². The summed E-state index contributed by atoms with van der Waals surface area (Å²) in [6.07, 6.45) is -3.29. The monoisotopic (exact) mass is 424 g/mol. The van der Waals surface area contributed by atoms with Crippen LogP contribution in [0, 0.1) is 0 Å². The molecule has 0 unspecified atom stereocenters. The number of ether oxygens (including phenoxy) is 2. The van der Waals surface area contributed by atoms with E-state index in [0.29, 0.717) is 30.4 Å². The molecule has 3 aromatic rings. The number of amides is 1. The first-order chi connectivity index (χ1) is 13.8. The second kappa shape index (κ2) is 7.28. The molecular weight excluding hydrogens is 413 g/mol. The van der Waals surface area contributed by atoms with E-state index in [0.717, 1.165) is 12.1 Å². The van der Waals surface area contributed by atoms with E-state index in [9.17, 15) is 18.0 Å². The molecule has 1 aliphatic heterocycles. The number of nitrogens with one attached hydrogen (secondary N) is 1. The Morgan fingerprint density at radius 3 is 2.62 bits per heavy atom. The Bertz CT molecular complexity index is 1080. The highest BCUT2D eigenvalue weighted by Gasteiger charge is 2.33. The third-order valence-electron chi connectivity index (χ3n) is 4.05. The van der Waals surface area contributed by atoms with E-state index in [4.69, 9.17) is 21.1 Å². The van der Waals surface area contributed by atoms with E-state index in [2.05, 4.69) is 15.6 Å². The number of carbonyl (C=O) groups is 1. The topological polar surface area (TPSA) is 78.3 Å². The van der Waals surface area contributed by atoms with Gasteiger partial charge in [0.25, 0.3) is 5.91 Å². The minimum Gasteiger partial charge on any atom is -0.486 e. The normalized spacial score (nSPS) is 13.2. The molecule has 0 saturated heterocycles. The molecule has 1 aliphatic rings. The van der Waals surface area contributed by atoms with Crippen LogP contribution in [-0.2, 0) is 6.18 Å². The molecule has 11 heteroatoms. The summed E-state index contributed by atoms with van der Waals surface area (Å²) in [5, 5.41) is 9.54. The third kappa shape index (κ3) is 3.97. The molecule has 150 valence electrons. The molecule has 0 spiro atoms. The first-order valence-electron chi connectivity index (χ1n) is 8.32. The summed E-state index contributed by atoms with van der Waals surface area (Å²) >= 11 is 5.58. The summed E-state index contributed by atoms with van der Waals surface area (Å²) in [5.74, 6) is 0.418. The van der Waals surface area contributed by atoms with Crippen molar-refractivity contribution in [3.63, 3.8) is 0 Å². The fourth-order valence-electron chi connectivity index (χ4n) is 2.68. The number of hydrogen-bond donors (Lipinski definition) is 1. The molecule has 7 nitrogen and oxygen atoms in total. The molecule has 4 rings (SSSR count). The summed E-state index contributed by atoms with van der Waals surface area (Å²) in [7, 11) is 0. The lowest BCUT2D eigenvalue weighted by atomic mass is 10.2. The quantitative estimate of drug-likeness (QED) is 0.688. The van der Waals surface area contributed by atoms with Crippen LogP contribution in [0.15, 0.2) is 42.6 Å². The van der Waals surface area contributed by atoms with E-state index in [1.807, 2.05) is 0 Å². The average Bonchev–Trinajstić information content (AvgIpc) is 3.18. The van der Waals surface area contributed by atoms with Crippen LogP contribution in [0.4, 0.5) is 18.9 Å². The van der Waals surface area contributed by atoms with Gasteiger partial charge in [-0.15, -0.1) is 5.10 Å². The van der Waals surface area contributed by atoms with Gasteiger partial charge in [0.15, 0.2) is 17.2 Å². The number of anilines is 1. The Labute approximate surface area is 167 Å². The Balaban J connectivity index is 1.54. The predicted octanol–water partition coefficient (Wildman–Crippen LogP) is 3.96. The number of alkyl halides is 3. The smallest absolute Gasteiger partial charge is 0.417 e. The van der Waals surface area contributed by atoms with Crippen molar-refractivity contribution in [2.45, 2.75) is 6.18 Å². The van der Waals surface area contributed by atoms with Crippen molar-refractivity contribution in [1.29, 1.82) is 0 Å². The van der Waals surface area contributed by atoms with E-state index < -0.39 is 22.7 Å². The van der Waals surface area contributed by atoms with Crippen LogP contribution < -0.4 is 14.8 Å². The Hall–Kier alpha value is -3.27. The van der Waals surface area contributed by atoms with Gasteiger partial charge in [-0.25, -0.2) is 4.68 Å². The van der Waals surface area contributed by atoms with Gasteiger partial charge in [0.2, 0.25) is 0 Å². The van der Waals surface area contributed by atoms with E-state index >= 15 is 0 Å². The zero-order valence-corrected chi connectivity index (χ0v) is 15.3. The van der Waals surface area contributed by atoms with Crippen molar-refractivity contribution in [3.05, 3.63) is 58.9 Å². The van der Waals surface area contributed by atoms with Crippen molar-refractivity contribution in [1.82, 2.24) is 15.0 Å². The van der Waals surface area contributed by atoms with Gasteiger partial charge in [-0.2, -0.15) is 13.2 Å². The number of rotatable bonds is 3. The largest absolute Gasteiger partial charge is 0.486 e. The molecule has 2 aromatic carbocycles. The zero-order valence-electron chi connectivity index (χ0n) is 14.5. The zero-order chi connectivity index (χ0) is 20.6. The van der Waals surface area contributed by atoms with Crippen LogP contribution >= 0.6 is 11.6 Å². The lowest BCUT2D eigenvalue weighted by Crippen LogP contribution is -2.15. The number of nitrogens with zero attached hydrogens (tertiary/aromatic N) is 3. The first kappa shape index (κ1) is 19.1. The molecule has 29 heavy (non-hydrogen) atoms. The molecule has 1 amide bonds. The lowest BCUT2D eigenvalue weighted by Gasteiger charge is -2.18. The molecule has 0 fully saturated rings. The fraction of sp³-hybridized carbons (Fsp3) is 0.167. The highest BCUT2D eigenvalue weighted by Crippen LogP contribution is 2.36. The molecule has 0 bridgehead atoms. The van der Waals surface area contributed by atoms with E-state index in [-0.39, 0.29) is 11.4 Å². The molecule has 0 radical (unpaired) electrons. The second-order valence-corrected chi connectivity index (χ2v) is 6.43. The van der Waals surface area contributed by atoms with Crippen LogP contribution in [0.5, 0.6) is 11.5 Å². The average molecular weight is 425 g/mol. The standard InChI is InChI=1S/C18H12ClF3N4O3/c19-13-3-1-10(7-12(13)18(20,21)22)23-17(27)14-9-26(25-24-14)11-2-4-15-16(8-11)29-6-5-28-15/h1-4,7-9H,5-6H2,(H,23,27). The maximum Gasteiger partial charge on any atom is 0.417 e. The van der Waals surface area contributed by atoms with Gasteiger partial charge in [-0.3, -0.25) is 4.79 Å². The van der Waals surface area contributed by atoms with Crippen molar-refractivity contribution >= 4 is 23.2 Å². The molecule has 2 heterocycles. The maximum absolute atomic E-state index is 13.0. The van der Waals surface area contributed by atoms with Crippen molar-refractivity contribution in [2.75, 3.05) is 18.5 Å². The minimum atomic E-state index is -4.64. The Morgan fingerprint density at radius 1 is 1.10 bits per heavy atom. The van der Waals surface area contributed by atoms with Crippen LogP contribution in [0.2, 0.25) is 5.02 Å². The third-order valence-corrected chi connectivity index (χ3v) is 4.38. The number of hydrogen-bond acceptors (Lipinski definition) is 5. The predicted molar refractivity (Wildman–Crippen MR) is 96.8 cm³/mol. The van der Waals surface area contributed by atoms with Crippen molar-refractivity contribution < 1.29 is 27.4 Å². The minimum absolute atomic E-state index is 0.0689. The van der Waals surface area contributed by atoms with Gasteiger partial charge in [0.1, 0.15) is 13.2 Å². The first-order valence-corrected chi connectivity index (χ1v) is 8.69. The number of fused-ring (bicyclic) bond motifs is 1. The molecule has 0 atom stereocenters.